The molecule has 0 radical (unpaired) electrons. The number of ether oxygens (including phenoxy) is 1. The van der Waals surface area contributed by atoms with E-state index in [2.05, 4.69) is 20.9 Å². The number of piperazine rings is 1. The van der Waals surface area contributed by atoms with E-state index in [0.717, 1.165) is 58.1 Å². The van der Waals surface area contributed by atoms with Crippen molar-refractivity contribution in [3.05, 3.63) is 23.9 Å². The van der Waals surface area contributed by atoms with Crippen LogP contribution in [0.1, 0.15) is 18.4 Å². The van der Waals surface area contributed by atoms with E-state index in [9.17, 15) is 0 Å². The van der Waals surface area contributed by atoms with Gasteiger partial charge in [-0.15, -0.1) is 0 Å². The number of hydrogen-bond donors (Lipinski definition) is 0. The molecule has 5 nitrogen and oxygen atoms in total. The lowest BCUT2D eigenvalue weighted by Gasteiger charge is -2.41. The summed E-state index contributed by atoms with van der Waals surface area (Å²) in [6.45, 7) is 6.01. The summed E-state index contributed by atoms with van der Waals surface area (Å²) >= 11 is 0. The molecular formula is C15H20N4O. The molecule has 0 atom stereocenters. The molecule has 3 heterocycles. The first kappa shape index (κ1) is 13.3. The second-order valence-electron chi connectivity index (χ2n) is 5.38. The van der Waals surface area contributed by atoms with Gasteiger partial charge in [0.2, 0.25) is 0 Å². The van der Waals surface area contributed by atoms with Gasteiger partial charge in [-0.25, -0.2) is 4.98 Å². The number of pyridine rings is 1. The third kappa shape index (κ3) is 2.92. The summed E-state index contributed by atoms with van der Waals surface area (Å²) < 4.78 is 5.43. The summed E-state index contributed by atoms with van der Waals surface area (Å²) in [5.41, 5.74) is 0.620. The molecular weight excluding hydrogens is 252 g/mol. The normalized spacial score (nSPS) is 21.6. The lowest BCUT2D eigenvalue weighted by molar-refractivity contribution is 0.0321. The molecule has 0 amide bonds. The molecule has 0 aromatic carbocycles. The first-order valence-electron chi connectivity index (χ1n) is 7.30. The summed E-state index contributed by atoms with van der Waals surface area (Å²) in [5, 5.41) is 8.80. The smallest absolute Gasteiger partial charge is 0.128 e. The zero-order valence-corrected chi connectivity index (χ0v) is 11.7. The Kier molecular flexibility index (Phi) is 4.14. The van der Waals surface area contributed by atoms with E-state index in [0.29, 0.717) is 11.6 Å². The van der Waals surface area contributed by atoms with Crippen LogP contribution in [0.4, 0.5) is 5.82 Å². The Labute approximate surface area is 119 Å². The number of anilines is 1. The van der Waals surface area contributed by atoms with Gasteiger partial charge in [-0.1, -0.05) is 0 Å². The Morgan fingerprint density at radius 1 is 1.15 bits per heavy atom. The maximum Gasteiger partial charge on any atom is 0.128 e. The van der Waals surface area contributed by atoms with E-state index in [4.69, 9.17) is 10.00 Å². The second-order valence-corrected chi connectivity index (χ2v) is 5.38. The predicted octanol–water partition coefficient (Wildman–Crippen LogP) is 1.25. The van der Waals surface area contributed by atoms with Crippen LogP contribution >= 0.6 is 0 Å². The Bertz CT molecular complexity index is 468. The minimum absolute atomic E-state index is 0.620. The monoisotopic (exact) mass is 272 g/mol. The predicted molar refractivity (Wildman–Crippen MR) is 76.6 cm³/mol. The molecule has 5 heteroatoms. The Hall–Kier alpha value is -1.64. The highest BCUT2D eigenvalue weighted by molar-refractivity contribution is 5.42. The number of rotatable bonds is 2. The molecule has 2 saturated heterocycles. The number of aromatic nitrogens is 1. The lowest BCUT2D eigenvalue weighted by atomic mass is 10.1. The first-order valence-corrected chi connectivity index (χ1v) is 7.30. The van der Waals surface area contributed by atoms with Crippen molar-refractivity contribution >= 4 is 5.82 Å². The minimum atomic E-state index is 0.620. The van der Waals surface area contributed by atoms with Crippen LogP contribution in [0.25, 0.3) is 0 Å². The summed E-state index contributed by atoms with van der Waals surface area (Å²) in [5.74, 6) is 0.982. The molecule has 0 spiro atoms. The van der Waals surface area contributed by atoms with Crippen LogP contribution in [0.5, 0.6) is 0 Å². The highest BCUT2D eigenvalue weighted by Gasteiger charge is 2.25. The summed E-state index contributed by atoms with van der Waals surface area (Å²) in [7, 11) is 0. The van der Waals surface area contributed by atoms with Gasteiger partial charge in [0.1, 0.15) is 11.9 Å². The van der Waals surface area contributed by atoms with Crippen molar-refractivity contribution in [1.29, 1.82) is 5.26 Å². The van der Waals surface area contributed by atoms with E-state index >= 15 is 0 Å². The lowest BCUT2D eigenvalue weighted by Crippen LogP contribution is -2.51. The largest absolute Gasteiger partial charge is 0.381 e. The minimum Gasteiger partial charge on any atom is -0.381 e. The van der Waals surface area contributed by atoms with Gasteiger partial charge >= 0.3 is 0 Å². The molecule has 0 unspecified atom stereocenters. The molecule has 0 bridgehead atoms. The van der Waals surface area contributed by atoms with E-state index < -0.39 is 0 Å². The fourth-order valence-electron chi connectivity index (χ4n) is 3.01. The van der Waals surface area contributed by atoms with Gasteiger partial charge in [-0.2, -0.15) is 5.26 Å². The van der Waals surface area contributed by atoms with Crippen LogP contribution < -0.4 is 4.90 Å². The van der Waals surface area contributed by atoms with Gasteiger partial charge in [0.25, 0.3) is 0 Å². The molecule has 20 heavy (non-hydrogen) atoms. The van der Waals surface area contributed by atoms with Crippen LogP contribution in [0.3, 0.4) is 0 Å². The van der Waals surface area contributed by atoms with Crippen molar-refractivity contribution in [1.82, 2.24) is 9.88 Å². The Morgan fingerprint density at radius 2 is 1.90 bits per heavy atom. The van der Waals surface area contributed by atoms with Gasteiger partial charge in [0, 0.05) is 51.6 Å². The van der Waals surface area contributed by atoms with Crippen molar-refractivity contribution in [2.75, 3.05) is 44.3 Å². The average molecular weight is 272 g/mol. The topological polar surface area (TPSA) is 52.4 Å². The SMILES string of the molecule is N#Cc1ccc(N2CCN(C3CCOCC3)CC2)nc1. The fourth-order valence-corrected chi connectivity index (χ4v) is 3.01. The van der Waals surface area contributed by atoms with Crippen molar-refractivity contribution in [3.63, 3.8) is 0 Å². The van der Waals surface area contributed by atoms with E-state index in [-0.39, 0.29) is 0 Å². The average Bonchev–Trinajstić information content (AvgIpc) is 2.56. The van der Waals surface area contributed by atoms with Gasteiger partial charge < -0.3 is 9.64 Å². The molecule has 0 N–H and O–H groups in total. The molecule has 1 aromatic heterocycles. The Morgan fingerprint density at radius 3 is 2.50 bits per heavy atom. The maximum absolute atomic E-state index is 8.80. The van der Waals surface area contributed by atoms with Gasteiger partial charge in [-0.3, -0.25) is 4.90 Å². The maximum atomic E-state index is 8.80. The van der Waals surface area contributed by atoms with E-state index in [1.165, 1.54) is 0 Å². The quantitative estimate of drug-likeness (QED) is 0.811. The first-order chi connectivity index (χ1) is 9.86. The summed E-state index contributed by atoms with van der Waals surface area (Å²) in [6, 6.07) is 6.59. The Balaban J connectivity index is 1.56. The van der Waals surface area contributed by atoms with Crippen molar-refractivity contribution < 1.29 is 4.74 Å². The van der Waals surface area contributed by atoms with Crippen molar-refractivity contribution in [2.45, 2.75) is 18.9 Å². The summed E-state index contributed by atoms with van der Waals surface area (Å²) in [4.78, 5) is 9.26. The number of nitriles is 1. The molecule has 0 saturated carbocycles. The zero-order chi connectivity index (χ0) is 13.8. The fraction of sp³-hybridized carbons (Fsp3) is 0.600. The second kappa shape index (κ2) is 6.21. The number of hydrogen-bond acceptors (Lipinski definition) is 5. The van der Waals surface area contributed by atoms with Crippen LogP contribution in [0.2, 0.25) is 0 Å². The zero-order valence-electron chi connectivity index (χ0n) is 11.7. The van der Waals surface area contributed by atoms with Gasteiger partial charge in [0.15, 0.2) is 0 Å². The molecule has 106 valence electrons. The van der Waals surface area contributed by atoms with Crippen molar-refractivity contribution in [3.8, 4) is 6.07 Å². The highest BCUT2D eigenvalue weighted by atomic mass is 16.5. The molecule has 2 aliphatic heterocycles. The van der Waals surface area contributed by atoms with E-state index in [1.807, 2.05) is 12.1 Å². The molecule has 2 fully saturated rings. The number of nitrogens with zero attached hydrogens (tertiary/aromatic N) is 4. The van der Waals surface area contributed by atoms with Gasteiger partial charge in [0.05, 0.1) is 5.56 Å². The summed E-state index contributed by atoms with van der Waals surface area (Å²) in [6.07, 6.45) is 3.98. The molecule has 2 aliphatic rings. The molecule has 3 rings (SSSR count). The van der Waals surface area contributed by atoms with Crippen LogP contribution in [-0.2, 0) is 4.74 Å². The molecule has 0 aliphatic carbocycles. The van der Waals surface area contributed by atoms with E-state index in [1.54, 1.807) is 6.20 Å². The van der Waals surface area contributed by atoms with Crippen molar-refractivity contribution in [2.24, 2.45) is 0 Å². The highest BCUT2D eigenvalue weighted by Crippen LogP contribution is 2.19. The third-order valence-corrected chi connectivity index (χ3v) is 4.22. The van der Waals surface area contributed by atoms with Crippen LogP contribution in [0, 0.1) is 11.3 Å². The molecule has 1 aromatic rings. The third-order valence-electron chi connectivity index (χ3n) is 4.22. The van der Waals surface area contributed by atoms with Crippen LogP contribution in [-0.4, -0.2) is 55.3 Å². The van der Waals surface area contributed by atoms with Crippen LogP contribution in [0.15, 0.2) is 18.3 Å². The van der Waals surface area contributed by atoms with Gasteiger partial charge in [-0.05, 0) is 25.0 Å². The standard InChI is InChI=1S/C15H20N4O/c16-11-13-1-2-15(17-12-13)19-7-5-18(6-8-19)14-3-9-20-10-4-14/h1-2,12,14H,3-10H2.